The molecule has 18 heavy (non-hydrogen) atoms. The zero-order valence-corrected chi connectivity index (χ0v) is 10.8. The smallest absolute Gasteiger partial charge is 0.161 e. The van der Waals surface area contributed by atoms with Crippen LogP contribution in [0.25, 0.3) is 5.65 Å². The van der Waals surface area contributed by atoms with E-state index in [-0.39, 0.29) is 0 Å². The van der Waals surface area contributed by atoms with E-state index < -0.39 is 0 Å². The zero-order valence-electron chi connectivity index (χ0n) is 10.0. The molecule has 1 fully saturated rings. The molecule has 96 valence electrons. The molecule has 0 unspecified atom stereocenters. The highest BCUT2D eigenvalue weighted by atomic mass is 35.5. The highest BCUT2D eigenvalue weighted by Crippen LogP contribution is 2.14. The van der Waals surface area contributed by atoms with Crippen LogP contribution in [0.2, 0.25) is 5.15 Å². The summed E-state index contributed by atoms with van der Waals surface area (Å²) in [6, 6.07) is 5.66. The van der Waals surface area contributed by atoms with Crippen LogP contribution in [-0.2, 0) is 11.2 Å². The molecule has 1 saturated heterocycles. The maximum Gasteiger partial charge on any atom is 0.161 e. The van der Waals surface area contributed by atoms with E-state index in [1.54, 1.807) is 0 Å². The van der Waals surface area contributed by atoms with E-state index in [2.05, 4.69) is 15.1 Å². The minimum absolute atomic E-state index is 0.662. The van der Waals surface area contributed by atoms with E-state index in [9.17, 15) is 0 Å². The number of aromatic nitrogens is 3. The Morgan fingerprint density at radius 1 is 1.22 bits per heavy atom. The Morgan fingerprint density at radius 2 is 2.06 bits per heavy atom. The van der Waals surface area contributed by atoms with Crippen LogP contribution >= 0.6 is 11.6 Å². The standard InChI is InChI=1S/C12H15ClN4O/c13-10-2-1-3-11-14-15-12(17(10)11)4-5-16-6-8-18-9-7-16/h1-3H,4-9H2. The summed E-state index contributed by atoms with van der Waals surface area (Å²) >= 11 is 6.17. The number of halogens is 1. The Bertz CT molecular complexity index is 536. The Morgan fingerprint density at radius 3 is 2.89 bits per heavy atom. The third-order valence-electron chi connectivity index (χ3n) is 3.20. The molecule has 0 atom stereocenters. The first-order valence-corrected chi connectivity index (χ1v) is 6.51. The molecule has 0 aliphatic carbocycles. The molecule has 2 aromatic rings. The quantitative estimate of drug-likeness (QED) is 0.785. The van der Waals surface area contributed by atoms with Gasteiger partial charge in [0.1, 0.15) is 11.0 Å². The van der Waals surface area contributed by atoms with Crippen LogP contribution in [0, 0.1) is 0 Å². The van der Waals surface area contributed by atoms with Gasteiger partial charge in [0.2, 0.25) is 0 Å². The number of ether oxygens (including phenoxy) is 1. The van der Waals surface area contributed by atoms with Crippen molar-refractivity contribution >= 4 is 17.2 Å². The second kappa shape index (κ2) is 5.22. The molecule has 1 aliphatic heterocycles. The van der Waals surface area contributed by atoms with Gasteiger partial charge in [-0.1, -0.05) is 17.7 Å². The summed E-state index contributed by atoms with van der Waals surface area (Å²) in [7, 11) is 0. The maximum atomic E-state index is 6.17. The minimum atomic E-state index is 0.662. The van der Waals surface area contributed by atoms with Crippen LogP contribution in [0.1, 0.15) is 5.82 Å². The van der Waals surface area contributed by atoms with Gasteiger partial charge >= 0.3 is 0 Å². The summed E-state index contributed by atoms with van der Waals surface area (Å²) in [6.45, 7) is 4.59. The van der Waals surface area contributed by atoms with E-state index in [1.807, 2.05) is 22.6 Å². The molecule has 5 nitrogen and oxygen atoms in total. The molecule has 0 amide bonds. The van der Waals surface area contributed by atoms with Gasteiger partial charge in [-0.2, -0.15) is 0 Å². The lowest BCUT2D eigenvalue weighted by atomic mass is 10.3. The van der Waals surface area contributed by atoms with Gasteiger partial charge in [-0.05, 0) is 12.1 Å². The van der Waals surface area contributed by atoms with Crippen molar-refractivity contribution in [2.24, 2.45) is 0 Å². The molecule has 0 radical (unpaired) electrons. The van der Waals surface area contributed by atoms with Crippen molar-refractivity contribution in [3.63, 3.8) is 0 Å². The summed E-state index contributed by atoms with van der Waals surface area (Å²) in [6.07, 6.45) is 0.852. The van der Waals surface area contributed by atoms with Crippen LogP contribution in [0.5, 0.6) is 0 Å². The molecule has 6 heteroatoms. The van der Waals surface area contributed by atoms with Gasteiger partial charge in [0, 0.05) is 26.1 Å². The molecule has 0 aromatic carbocycles. The van der Waals surface area contributed by atoms with Gasteiger partial charge < -0.3 is 4.74 Å². The van der Waals surface area contributed by atoms with Gasteiger partial charge in [0.25, 0.3) is 0 Å². The highest BCUT2D eigenvalue weighted by molar-refractivity contribution is 6.29. The SMILES string of the molecule is Clc1cccc2nnc(CCN3CCOCC3)n12. The predicted octanol–water partition coefficient (Wildman–Crippen LogP) is 1.26. The normalized spacial score (nSPS) is 17.4. The van der Waals surface area contributed by atoms with E-state index in [4.69, 9.17) is 16.3 Å². The fourth-order valence-electron chi connectivity index (χ4n) is 2.20. The van der Waals surface area contributed by atoms with Crippen molar-refractivity contribution in [2.45, 2.75) is 6.42 Å². The monoisotopic (exact) mass is 266 g/mol. The summed E-state index contributed by atoms with van der Waals surface area (Å²) in [5, 5.41) is 9.00. The maximum absolute atomic E-state index is 6.17. The van der Waals surface area contributed by atoms with Crippen LogP contribution in [0.3, 0.4) is 0 Å². The molecule has 0 saturated carbocycles. The molecular formula is C12H15ClN4O. The number of morpholine rings is 1. The molecular weight excluding hydrogens is 252 g/mol. The van der Waals surface area contributed by atoms with Gasteiger partial charge in [0.15, 0.2) is 5.65 Å². The van der Waals surface area contributed by atoms with Crippen molar-refractivity contribution in [3.05, 3.63) is 29.2 Å². The molecule has 0 spiro atoms. The molecule has 3 rings (SSSR count). The molecule has 2 aromatic heterocycles. The second-order valence-electron chi connectivity index (χ2n) is 4.36. The first kappa shape index (κ1) is 11.9. The summed E-state index contributed by atoms with van der Waals surface area (Å²) in [4.78, 5) is 2.38. The lowest BCUT2D eigenvalue weighted by Crippen LogP contribution is -2.37. The predicted molar refractivity (Wildman–Crippen MR) is 69.0 cm³/mol. The van der Waals surface area contributed by atoms with Gasteiger partial charge in [-0.25, -0.2) is 0 Å². The second-order valence-corrected chi connectivity index (χ2v) is 4.75. The van der Waals surface area contributed by atoms with Crippen molar-refractivity contribution in [3.8, 4) is 0 Å². The van der Waals surface area contributed by atoms with Gasteiger partial charge in [-0.3, -0.25) is 9.30 Å². The Hall–Kier alpha value is -1.17. The van der Waals surface area contributed by atoms with Gasteiger partial charge in [0.05, 0.1) is 13.2 Å². The largest absolute Gasteiger partial charge is 0.379 e. The molecule has 3 heterocycles. The molecule has 1 aliphatic rings. The van der Waals surface area contributed by atoms with Crippen LogP contribution < -0.4 is 0 Å². The fourth-order valence-corrected chi connectivity index (χ4v) is 2.46. The molecule has 0 N–H and O–H groups in total. The molecule has 0 bridgehead atoms. The lowest BCUT2D eigenvalue weighted by Gasteiger charge is -2.26. The van der Waals surface area contributed by atoms with E-state index >= 15 is 0 Å². The fraction of sp³-hybridized carbons (Fsp3) is 0.500. The topological polar surface area (TPSA) is 42.7 Å². The highest BCUT2D eigenvalue weighted by Gasteiger charge is 2.13. The third-order valence-corrected chi connectivity index (χ3v) is 3.50. The summed E-state index contributed by atoms with van der Waals surface area (Å²) in [5.74, 6) is 0.919. The van der Waals surface area contributed by atoms with E-state index in [0.717, 1.165) is 50.7 Å². The summed E-state index contributed by atoms with van der Waals surface area (Å²) < 4.78 is 7.23. The number of rotatable bonds is 3. The number of fused-ring (bicyclic) bond motifs is 1. The number of pyridine rings is 1. The van der Waals surface area contributed by atoms with Crippen molar-refractivity contribution in [1.29, 1.82) is 0 Å². The summed E-state index contributed by atoms with van der Waals surface area (Å²) in [5.41, 5.74) is 0.805. The van der Waals surface area contributed by atoms with Crippen molar-refractivity contribution in [2.75, 3.05) is 32.8 Å². The first-order chi connectivity index (χ1) is 8.84. The van der Waals surface area contributed by atoms with Crippen LogP contribution in [0.15, 0.2) is 18.2 Å². The Labute approximate surface area is 110 Å². The van der Waals surface area contributed by atoms with Gasteiger partial charge in [-0.15, -0.1) is 10.2 Å². The minimum Gasteiger partial charge on any atom is -0.379 e. The number of hydrogen-bond acceptors (Lipinski definition) is 4. The van der Waals surface area contributed by atoms with Crippen molar-refractivity contribution < 1.29 is 4.74 Å². The zero-order chi connectivity index (χ0) is 12.4. The Kier molecular flexibility index (Phi) is 3.45. The lowest BCUT2D eigenvalue weighted by molar-refractivity contribution is 0.0382. The first-order valence-electron chi connectivity index (χ1n) is 6.13. The van der Waals surface area contributed by atoms with E-state index in [0.29, 0.717) is 5.15 Å². The number of hydrogen-bond donors (Lipinski definition) is 0. The number of nitrogens with zero attached hydrogens (tertiary/aromatic N) is 4. The van der Waals surface area contributed by atoms with E-state index in [1.165, 1.54) is 0 Å². The van der Waals surface area contributed by atoms with Crippen LogP contribution in [0.4, 0.5) is 0 Å². The van der Waals surface area contributed by atoms with Crippen molar-refractivity contribution in [1.82, 2.24) is 19.5 Å². The third kappa shape index (κ3) is 2.34. The Balaban J connectivity index is 1.74. The van der Waals surface area contributed by atoms with Crippen LogP contribution in [-0.4, -0.2) is 52.3 Å². The average molecular weight is 267 g/mol. The average Bonchev–Trinajstić information content (AvgIpc) is 2.82.